The first-order chi connectivity index (χ1) is 7.33. The molecule has 0 heterocycles. The van der Waals surface area contributed by atoms with E-state index in [9.17, 15) is 0 Å². The summed E-state index contributed by atoms with van der Waals surface area (Å²) in [6.07, 6.45) is 6.28. The molecule has 0 spiro atoms. The maximum absolute atomic E-state index is 4.00. The molecule has 1 aromatic carbocycles. The van der Waals surface area contributed by atoms with Gasteiger partial charge in [0.25, 0.3) is 0 Å². The summed E-state index contributed by atoms with van der Waals surface area (Å²) < 4.78 is 0. The summed E-state index contributed by atoms with van der Waals surface area (Å²) in [5.74, 6) is 0. The Balaban J connectivity index is 0.000000921. The lowest BCUT2D eigenvalue weighted by Crippen LogP contribution is -1.84. The fourth-order valence-electron chi connectivity index (χ4n) is 1.20. The Kier molecular flexibility index (Phi) is 8.46. The lowest BCUT2D eigenvalue weighted by molar-refractivity contribution is 1.17. The van der Waals surface area contributed by atoms with E-state index in [0.29, 0.717) is 0 Å². The maximum atomic E-state index is 4.00. The SMILES string of the molecule is C=C(/C=C\CC)Cc1ccccc1.CC. The highest BCUT2D eigenvalue weighted by molar-refractivity contribution is 5.25. The highest BCUT2D eigenvalue weighted by Crippen LogP contribution is 2.07. The van der Waals surface area contributed by atoms with Crippen LogP contribution in [0.3, 0.4) is 0 Å². The zero-order valence-corrected chi connectivity index (χ0v) is 10.2. The average Bonchev–Trinajstić information content (AvgIpc) is 2.30. The zero-order valence-electron chi connectivity index (χ0n) is 10.2. The van der Waals surface area contributed by atoms with Gasteiger partial charge in [-0.2, -0.15) is 0 Å². The first-order valence-electron chi connectivity index (χ1n) is 5.71. The van der Waals surface area contributed by atoms with Gasteiger partial charge in [0.1, 0.15) is 0 Å². The van der Waals surface area contributed by atoms with Gasteiger partial charge in [-0.15, -0.1) is 0 Å². The van der Waals surface area contributed by atoms with Gasteiger partial charge in [-0.05, 0) is 18.4 Å². The topological polar surface area (TPSA) is 0 Å². The molecule has 0 aliphatic carbocycles. The van der Waals surface area contributed by atoms with Gasteiger partial charge in [-0.25, -0.2) is 0 Å². The lowest BCUT2D eigenvalue weighted by atomic mass is 10.1. The van der Waals surface area contributed by atoms with E-state index in [-0.39, 0.29) is 0 Å². The Morgan fingerprint density at radius 2 is 1.80 bits per heavy atom. The van der Waals surface area contributed by atoms with Crippen molar-refractivity contribution in [3.8, 4) is 0 Å². The normalized spacial score (nSPS) is 9.53. The summed E-state index contributed by atoms with van der Waals surface area (Å²) in [5, 5.41) is 0. The van der Waals surface area contributed by atoms with Crippen molar-refractivity contribution in [1.29, 1.82) is 0 Å². The monoisotopic (exact) mass is 202 g/mol. The van der Waals surface area contributed by atoms with Crippen LogP contribution in [0.5, 0.6) is 0 Å². The van der Waals surface area contributed by atoms with Crippen LogP contribution in [0.25, 0.3) is 0 Å². The van der Waals surface area contributed by atoms with Crippen LogP contribution in [-0.2, 0) is 6.42 Å². The Hall–Kier alpha value is -1.30. The van der Waals surface area contributed by atoms with Gasteiger partial charge in [0.15, 0.2) is 0 Å². The van der Waals surface area contributed by atoms with E-state index in [4.69, 9.17) is 0 Å². The first kappa shape index (κ1) is 13.7. The molecule has 0 saturated heterocycles. The van der Waals surface area contributed by atoms with Gasteiger partial charge >= 0.3 is 0 Å². The van der Waals surface area contributed by atoms with Gasteiger partial charge in [0.05, 0.1) is 0 Å². The molecule has 1 aromatic rings. The van der Waals surface area contributed by atoms with Gasteiger partial charge in [0.2, 0.25) is 0 Å². The quantitative estimate of drug-likeness (QED) is 0.616. The number of benzene rings is 1. The first-order valence-corrected chi connectivity index (χ1v) is 5.71. The lowest BCUT2D eigenvalue weighted by Gasteiger charge is -1.99. The Morgan fingerprint density at radius 3 is 2.33 bits per heavy atom. The molecule has 0 N–H and O–H groups in total. The average molecular weight is 202 g/mol. The molecule has 0 nitrogen and oxygen atoms in total. The van der Waals surface area contributed by atoms with Crippen LogP contribution in [0.4, 0.5) is 0 Å². The molecule has 1 rings (SSSR count). The Bertz CT molecular complexity index is 280. The van der Waals surface area contributed by atoms with E-state index in [0.717, 1.165) is 12.8 Å². The van der Waals surface area contributed by atoms with Gasteiger partial charge in [-0.1, -0.05) is 75.4 Å². The van der Waals surface area contributed by atoms with E-state index in [1.165, 1.54) is 11.1 Å². The van der Waals surface area contributed by atoms with Crippen molar-refractivity contribution >= 4 is 0 Å². The predicted molar refractivity (Wildman–Crippen MR) is 70.1 cm³/mol. The van der Waals surface area contributed by atoms with E-state index in [2.05, 4.69) is 49.9 Å². The molecular weight excluding hydrogens is 180 g/mol. The molecule has 0 aliphatic heterocycles. The number of rotatable bonds is 4. The fourth-order valence-corrected chi connectivity index (χ4v) is 1.20. The van der Waals surface area contributed by atoms with E-state index < -0.39 is 0 Å². The zero-order chi connectivity index (χ0) is 11.5. The van der Waals surface area contributed by atoms with Crippen LogP contribution >= 0.6 is 0 Å². The largest absolute Gasteiger partial charge is 0.0955 e. The van der Waals surface area contributed by atoms with Crippen molar-refractivity contribution in [3.05, 3.63) is 60.2 Å². The Morgan fingerprint density at radius 1 is 1.20 bits per heavy atom. The van der Waals surface area contributed by atoms with Gasteiger partial charge in [0, 0.05) is 0 Å². The molecule has 0 fully saturated rings. The van der Waals surface area contributed by atoms with Crippen LogP contribution in [-0.4, -0.2) is 0 Å². The van der Waals surface area contributed by atoms with Crippen LogP contribution in [0.2, 0.25) is 0 Å². The van der Waals surface area contributed by atoms with Crippen molar-refractivity contribution in [2.24, 2.45) is 0 Å². The second kappa shape index (κ2) is 9.26. The molecule has 0 bridgehead atoms. The van der Waals surface area contributed by atoms with Crippen molar-refractivity contribution in [2.45, 2.75) is 33.6 Å². The number of allylic oxidation sites excluding steroid dienone is 3. The minimum atomic E-state index is 0.956. The maximum Gasteiger partial charge on any atom is -0.00318 e. The molecule has 82 valence electrons. The van der Waals surface area contributed by atoms with E-state index >= 15 is 0 Å². The van der Waals surface area contributed by atoms with Crippen LogP contribution in [0.1, 0.15) is 32.8 Å². The molecule has 0 atom stereocenters. The number of hydrogen-bond acceptors (Lipinski definition) is 0. The molecule has 0 saturated carbocycles. The molecular formula is C15H22. The minimum absolute atomic E-state index is 0.956. The Labute approximate surface area is 94.3 Å². The summed E-state index contributed by atoms with van der Waals surface area (Å²) in [6.45, 7) is 10.1. The third-order valence-corrected chi connectivity index (χ3v) is 1.86. The molecule has 0 amide bonds. The highest BCUT2D eigenvalue weighted by Gasteiger charge is 1.91. The summed E-state index contributed by atoms with van der Waals surface area (Å²) >= 11 is 0. The van der Waals surface area contributed by atoms with E-state index in [1.54, 1.807) is 0 Å². The van der Waals surface area contributed by atoms with Crippen LogP contribution in [0, 0.1) is 0 Å². The second-order valence-corrected chi connectivity index (χ2v) is 3.13. The third-order valence-electron chi connectivity index (χ3n) is 1.86. The second-order valence-electron chi connectivity index (χ2n) is 3.13. The molecule has 0 unspecified atom stereocenters. The summed E-state index contributed by atoms with van der Waals surface area (Å²) in [6, 6.07) is 10.4. The summed E-state index contributed by atoms with van der Waals surface area (Å²) in [5.41, 5.74) is 2.50. The van der Waals surface area contributed by atoms with Crippen molar-refractivity contribution in [1.82, 2.24) is 0 Å². The van der Waals surface area contributed by atoms with Crippen molar-refractivity contribution < 1.29 is 0 Å². The van der Waals surface area contributed by atoms with Crippen molar-refractivity contribution in [2.75, 3.05) is 0 Å². The molecule has 0 heteroatoms. The summed E-state index contributed by atoms with van der Waals surface area (Å²) in [4.78, 5) is 0. The molecule has 0 aromatic heterocycles. The standard InChI is InChI=1S/C13H16.C2H6/c1-3-4-8-12(2)11-13-9-6-5-7-10-13;1-2/h4-10H,2-3,11H2,1H3;1-2H3/b8-4-;. The molecule has 0 radical (unpaired) electrons. The van der Waals surface area contributed by atoms with Gasteiger partial charge in [-0.3, -0.25) is 0 Å². The van der Waals surface area contributed by atoms with Crippen molar-refractivity contribution in [3.63, 3.8) is 0 Å². The molecule has 0 aliphatic rings. The minimum Gasteiger partial charge on any atom is -0.0955 e. The summed E-state index contributed by atoms with van der Waals surface area (Å²) in [7, 11) is 0. The smallest absolute Gasteiger partial charge is 0.00318 e. The third kappa shape index (κ3) is 6.73. The van der Waals surface area contributed by atoms with Crippen LogP contribution < -0.4 is 0 Å². The predicted octanol–water partition coefficient (Wildman–Crippen LogP) is 4.78. The molecule has 15 heavy (non-hydrogen) atoms. The van der Waals surface area contributed by atoms with E-state index in [1.807, 2.05) is 19.9 Å². The fraction of sp³-hybridized carbons (Fsp3) is 0.333. The van der Waals surface area contributed by atoms with Crippen LogP contribution in [0.15, 0.2) is 54.6 Å². The number of hydrogen-bond donors (Lipinski definition) is 0. The highest BCUT2D eigenvalue weighted by atomic mass is 14.0. The van der Waals surface area contributed by atoms with Gasteiger partial charge < -0.3 is 0 Å².